The Hall–Kier alpha value is -2.96. The normalized spacial score (nSPS) is 22.1. The Labute approximate surface area is 214 Å². The summed E-state index contributed by atoms with van der Waals surface area (Å²) in [5, 5.41) is 8.80. The van der Waals surface area contributed by atoms with Crippen molar-refractivity contribution < 1.29 is 14.8 Å². The van der Waals surface area contributed by atoms with Crippen LogP contribution in [0.3, 0.4) is 0 Å². The first-order valence-electron chi connectivity index (χ1n) is 13.0. The summed E-state index contributed by atoms with van der Waals surface area (Å²) in [5.74, 6) is -0.330. The maximum Gasteiger partial charge on any atom is 0.274 e. The monoisotopic (exact) mass is 489 g/mol. The van der Waals surface area contributed by atoms with E-state index in [0.717, 1.165) is 30.5 Å². The highest BCUT2D eigenvalue weighted by molar-refractivity contribution is 5.93. The summed E-state index contributed by atoms with van der Waals surface area (Å²) in [4.78, 5) is 29.2. The van der Waals surface area contributed by atoms with Crippen LogP contribution in [0, 0.1) is 5.41 Å². The third kappa shape index (κ3) is 6.23. The van der Waals surface area contributed by atoms with Crippen molar-refractivity contribution in [3.05, 3.63) is 76.9 Å². The van der Waals surface area contributed by atoms with Crippen LogP contribution in [0.15, 0.2) is 54.6 Å². The smallest absolute Gasteiger partial charge is 0.274 e. The summed E-state index contributed by atoms with van der Waals surface area (Å²) in [6.45, 7) is 11.1. The van der Waals surface area contributed by atoms with E-state index in [1.54, 1.807) is 17.6 Å². The van der Waals surface area contributed by atoms with E-state index in [2.05, 4.69) is 62.9 Å². The van der Waals surface area contributed by atoms with Gasteiger partial charge >= 0.3 is 0 Å². The first kappa shape index (κ1) is 26.1. The van der Waals surface area contributed by atoms with Gasteiger partial charge in [-0.2, -0.15) is 0 Å². The predicted octanol–water partition coefficient (Wildman–Crippen LogP) is 5.06. The van der Waals surface area contributed by atoms with Crippen LogP contribution < -0.4 is 5.48 Å². The molecule has 2 atom stereocenters. The minimum absolute atomic E-state index is 0.184. The molecule has 2 aromatic carbocycles. The molecule has 2 unspecified atom stereocenters. The van der Waals surface area contributed by atoms with Crippen molar-refractivity contribution in [1.82, 2.24) is 15.3 Å². The molecule has 36 heavy (non-hydrogen) atoms. The number of allylic oxidation sites excluding steroid dienone is 2. The molecule has 192 valence electrons. The Balaban J connectivity index is 1.36. The number of hydroxylamine groups is 1. The number of hydrogen-bond donors (Lipinski definition) is 2. The zero-order valence-electron chi connectivity index (χ0n) is 22.0. The Bertz CT molecular complexity index is 1110. The molecule has 2 aromatic rings. The van der Waals surface area contributed by atoms with Crippen molar-refractivity contribution in [3.63, 3.8) is 0 Å². The quantitative estimate of drug-likeness (QED) is 0.439. The van der Waals surface area contributed by atoms with E-state index in [9.17, 15) is 9.59 Å². The number of carbonyl (C=O) groups excluding carboxylic acids is 2. The number of piperazine rings is 1. The average Bonchev–Trinajstić information content (AvgIpc) is 2.86. The van der Waals surface area contributed by atoms with Gasteiger partial charge in [0.25, 0.3) is 5.91 Å². The lowest BCUT2D eigenvalue weighted by atomic mass is 9.77. The fourth-order valence-electron chi connectivity index (χ4n) is 5.42. The van der Waals surface area contributed by atoms with Crippen molar-refractivity contribution in [2.75, 3.05) is 13.1 Å². The number of nitrogens with zero attached hydrogens (tertiary/aromatic N) is 2. The molecule has 1 fully saturated rings. The zero-order chi connectivity index (χ0) is 25.9. The lowest BCUT2D eigenvalue weighted by molar-refractivity contribution is -0.135. The molecule has 6 nitrogen and oxygen atoms in total. The van der Waals surface area contributed by atoms with Crippen LogP contribution in [-0.2, 0) is 17.8 Å². The molecule has 1 saturated heterocycles. The molecular weight excluding hydrogens is 450 g/mol. The second-order valence-electron chi connectivity index (χ2n) is 11.3. The number of rotatable bonds is 6. The summed E-state index contributed by atoms with van der Waals surface area (Å²) in [6, 6.07) is 16.2. The van der Waals surface area contributed by atoms with Crippen LogP contribution in [0.1, 0.15) is 74.0 Å². The van der Waals surface area contributed by atoms with Gasteiger partial charge in [-0.1, -0.05) is 56.3 Å². The summed E-state index contributed by atoms with van der Waals surface area (Å²) >= 11 is 0. The van der Waals surface area contributed by atoms with E-state index in [4.69, 9.17) is 5.21 Å². The van der Waals surface area contributed by atoms with Crippen LogP contribution in [0.4, 0.5) is 0 Å². The number of benzene rings is 2. The Kier molecular flexibility index (Phi) is 7.96. The van der Waals surface area contributed by atoms with E-state index in [1.165, 1.54) is 17.6 Å². The number of carbonyl (C=O) groups is 2. The zero-order valence-corrected chi connectivity index (χ0v) is 22.0. The summed E-state index contributed by atoms with van der Waals surface area (Å²) in [6.07, 6.45) is 6.21. The number of hydrogen-bond acceptors (Lipinski definition) is 4. The number of amides is 2. The highest BCUT2D eigenvalue weighted by atomic mass is 16.5. The molecule has 2 aliphatic rings. The van der Waals surface area contributed by atoms with Gasteiger partial charge in [0, 0.05) is 37.3 Å². The minimum atomic E-state index is -0.514. The molecule has 4 rings (SSSR count). The molecule has 6 heteroatoms. The second-order valence-corrected chi connectivity index (χ2v) is 11.3. The lowest BCUT2D eigenvalue weighted by Gasteiger charge is -2.44. The first-order chi connectivity index (χ1) is 17.1. The molecule has 1 aliphatic carbocycles. The SMILES string of the molecule is CC1CN(C(=O)Cc2cccc(C3=CCC(C)(C)CC3)c2)CC(C)N1Cc1ccc(C(=O)NO)cc1. The molecule has 0 saturated carbocycles. The minimum Gasteiger partial charge on any atom is -0.339 e. The Morgan fingerprint density at radius 2 is 1.72 bits per heavy atom. The van der Waals surface area contributed by atoms with Crippen molar-refractivity contribution in [2.45, 2.75) is 72.0 Å². The first-order valence-corrected chi connectivity index (χ1v) is 13.0. The molecule has 0 radical (unpaired) electrons. The van der Waals surface area contributed by atoms with E-state index in [0.29, 0.717) is 30.5 Å². The van der Waals surface area contributed by atoms with Gasteiger partial charge in [0.1, 0.15) is 0 Å². The van der Waals surface area contributed by atoms with E-state index < -0.39 is 5.91 Å². The van der Waals surface area contributed by atoms with Gasteiger partial charge in [-0.15, -0.1) is 0 Å². The average molecular weight is 490 g/mol. The fourth-order valence-corrected chi connectivity index (χ4v) is 5.42. The molecule has 2 amide bonds. The molecule has 2 N–H and O–H groups in total. The summed E-state index contributed by atoms with van der Waals surface area (Å²) in [5.41, 5.74) is 7.31. The van der Waals surface area contributed by atoms with Crippen LogP contribution in [0.5, 0.6) is 0 Å². The fraction of sp³-hybridized carbons (Fsp3) is 0.467. The lowest BCUT2D eigenvalue weighted by Crippen LogP contribution is -2.57. The topological polar surface area (TPSA) is 72.9 Å². The Morgan fingerprint density at radius 1 is 1.03 bits per heavy atom. The summed E-state index contributed by atoms with van der Waals surface area (Å²) in [7, 11) is 0. The Morgan fingerprint density at radius 3 is 2.33 bits per heavy atom. The third-order valence-corrected chi connectivity index (χ3v) is 7.76. The van der Waals surface area contributed by atoms with Gasteiger partial charge in [0.2, 0.25) is 5.91 Å². The van der Waals surface area contributed by atoms with E-state index in [-0.39, 0.29) is 18.0 Å². The maximum absolute atomic E-state index is 13.3. The van der Waals surface area contributed by atoms with Crippen molar-refractivity contribution >= 4 is 17.4 Å². The van der Waals surface area contributed by atoms with Gasteiger partial charge in [-0.05, 0) is 72.9 Å². The van der Waals surface area contributed by atoms with Crippen LogP contribution in [0.2, 0.25) is 0 Å². The molecular formula is C30H39N3O3. The van der Waals surface area contributed by atoms with Gasteiger partial charge < -0.3 is 4.90 Å². The van der Waals surface area contributed by atoms with Crippen LogP contribution >= 0.6 is 0 Å². The van der Waals surface area contributed by atoms with Gasteiger partial charge in [0.05, 0.1) is 6.42 Å². The van der Waals surface area contributed by atoms with E-state index >= 15 is 0 Å². The predicted molar refractivity (Wildman–Crippen MR) is 142 cm³/mol. The van der Waals surface area contributed by atoms with Gasteiger partial charge in [-0.25, -0.2) is 5.48 Å². The second kappa shape index (κ2) is 11.0. The number of nitrogens with one attached hydrogen (secondary N) is 1. The van der Waals surface area contributed by atoms with Crippen LogP contribution in [-0.4, -0.2) is 52.0 Å². The summed E-state index contributed by atoms with van der Waals surface area (Å²) < 4.78 is 0. The van der Waals surface area contributed by atoms with E-state index in [1.807, 2.05) is 17.0 Å². The van der Waals surface area contributed by atoms with Crippen LogP contribution in [0.25, 0.3) is 5.57 Å². The highest BCUT2D eigenvalue weighted by Crippen LogP contribution is 2.38. The highest BCUT2D eigenvalue weighted by Gasteiger charge is 2.32. The largest absolute Gasteiger partial charge is 0.339 e. The maximum atomic E-state index is 13.3. The van der Waals surface area contributed by atoms with Gasteiger partial charge in [0.15, 0.2) is 0 Å². The molecule has 1 heterocycles. The molecule has 1 aliphatic heterocycles. The van der Waals surface area contributed by atoms with Gasteiger partial charge in [-0.3, -0.25) is 19.7 Å². The van der Waals surface area contributed by atoms with Crippen molar-refractivity contribution in [3.8, 4) is 0 Å². The van der Waals surface area contributed by atoms with Crippen molar-refractivity contribution in [2.24, 2.45) is 5.41 Å². The van der Waals surface area contributed by atoms with Crippen molar-refractivity contribution in [1.29, 1.82) is 0 Å². The molecule has 0 spiro atoms. The standard InChI is InChI=1S/C30H39N3O3/c1-21-18-32(19-22(2)33(21)20-23-8-10-26(11-9-23)29(35)31-36)28(34)17-24-6-5-7-27(16-24)25-12-14-30(3,4)15-13-25/h5-12,16,21-22,36H,13-15,17-20H2,1-4H3,(H,31,35). The molecule has 0 aromatic heterocycles. The molecule has 0 bridgehead atoms. The third-order valence-electron chi connectivity index (χ3n) is 7.76.